The van der Waals surface area contributed by atoms with Crippen molar-refractivity contribution in [1.82, 2.24) is 0 Å². The second kappa shape index (κ2) is 3.01. The molecule has 0 heterocycles. The monoisotopic (exact) mass is 208 g/mol. The van der Waals surface area contributed by atoms with Crippen molar-refractivity contribution in [1.29, 1.82) is 0 Å². The second-order valence-corrected chi connectivity index (χ2v) is 5.32. The van der Waals surface area contributed by atoms with Crippen molar-refractivity contribution in [3.05, 3.63) is 52.6 Å². The number of rotatable bonds is 0. The third kappa shape index (κ3) is 1.12. The molecule has 0 fully saturated rings. The van der Waals surface area contributed by atoms with E-state index in [0.29, 0.717) is 0 Å². The fourth-order valence-electron chi connectivity index (χ4n) is 2.97. The summed E-state index contributed by atoms with van der Waals surface area (Å²) in [4.78, 5) is 0. The predicted octanol–water partition coefficient (Wildman–Crippen LogP) is 3.99. The van der Waals surface area contributed by atoms with Crippen molar-refractivity contribution in [3.63, 3.8) is 0 Å². The fraction of sp³-hybridized carbons (Fsp3) is 0.375. The van der Waals surface area contributed by atoms with E-state index in [-0.39, 0.29) is 5.41 Å². The lowest BCUT2D eigenvalue weighted by Crippen LogP contribution is -2.17. The van der Waals surface area contributed by atoms with Gasteiger partial charge in [0.15, 0.2) is 0 Å². The van der Waals surface area contributed by atoms with Crippen LogP contribution in [0.5, 0.6) is 0 Å². The first kappa shape index (κ1) is 9.73. The van der Waals surface area contributed by atoms with Gasteiger partial charge in [0, 0.05) is 11.0 Å². The van der Waals surface area contributed by atoms with E-state index in [0.717, 1.165) is 0 Å². The summed E-state index contributed by atoms with van der Waals surface area (Å²) in [6, 6.07) is 8.82. The van der Waals surface area contributed by atoms with Gasteiger partial charge in [0.25, 0.3) is 0 Å². The maximum Gasteiger partial charge on any atom is 0.0362 e. The highest BCUT2D eigenvalue weighted by molar-refractivity contribution is 5.85. The predicted molar refractivity (Wildman–Crippen MR) is 67.2 cm³/mol. The van der Waals surface area contributed by atoms with Crippen molar-refractivity contribution in [3.8, 4) is 0 Å². The maximum atomic E-state index is 3.34. The average Bonchev–Trinajstić information content (AvgIpc) is 2.49. The van der Waals surface area contributed by atoms with E-state index in [1.54, 1.807) is 5.57 Å². The molecular formula is C16H16. The van der Waals surface area contributed by atoms with Crippen molar-refractivity contribution in [2.24, 2.45) is 0 Å². The standard InChI is InChI=1S/C16H16/c1-11-8-9-13-12-6-4-5-7-14(12)16(2,3)15(13)10-11/h4,6,10H,5,7H2,1-3H3. The molecule has 0 amide bonds. The zero-order chi connectivity index (χ0) is 11.3. The molecule has 16 heavy (non-hydrogen) atoms. The Bertz CT molecular complexity index is 513. The molecular weight excluding hydrogens is 192 g/mol. The van der Waals surface area contributed by atoms with Crippen LogP contribution < -0.4 is 0 Å². The van der Waals surface area contributed by atoms with E-state index in [1.807, 2.05) is 0 Å². The molecule has 0 aliphatic heterocycles. The Hall–Kier alpha value is -1.48. The first-order valence-electron chi connectivity index (χ1n) is 5.96. The lowest BCUT2D eigenvalue weighted by molar-refractivity contribution is 0.607. The van der Waals surface area contributed by atoms with E-state index in [1.165, 1.54) is 35.1 Å². The van der Waals surface area contributed by atoms with Crippen LogP contribution in [0.2, 0.25) is 0 Å². The first-order chi connectivity index (χ1) is 7.60. The Morgan fingerprint density at radius 1 is 1.25 bits per heavy atom. The molecule has 0 heteroatoms. The zero-order valence-electron chi connectivity index (χ0n) is 10.1. The normalized spacial score (nSPS) is 20.4. The van der Waals surface area contributed by atoms with Crippen LogP contribution in [-0.2, 0) is 5.41 Å². The van der Waals surface area contributed by atoms with Gasteiger partial charge < -0.3 is 0 Å². The number of aryl methyl sites for hydroxylation is 1. The Labute approximate surface area is 97.7 Å². The Balaban J connectivity index is 2.28. The van der Waals surface area contributed by atoms with Gasteiger partial charge in [-0.25, -0.2) is 0 Å². The van der Waals surface area contributed by atoms with Gasteiger partial charge in [0.2, 0.25) is 0 Å². The van der Waals surface area contributed by atoms with Crippen LogP contribution >= 0.6 is 0 Å². The highest BCUT2D eigenvalue weighted by Crippen LogP contribution is 2.49. The number of fused-ring (bicyclic) bond motifs is 2. The SMILES string of the molecule is Cc1c#cc2c(c1)C(C)(C)C1=C2C=CCC1. The summed E-state index contributed by atoms with van der Waals surface area (Å²) < 4.78 is 0. The van der Waals surface area contributed by atoms with E-state index >= 15 is 0 Å². The Kier molecular flexibility index (Phi) is 1.83. The molecule has 0 bridgehead atoms. The molecule has 80 valence electrons. The third-order valence-corrected chi connectivity index (χ3v) is 3.88. The Morgan fingerprint density at radius 2 is 2.06 bits per heavy atom. The second-order valence-electron chi connectivity index (χ2n) is 5.32. The highest BCUT2D eigenvalue weighted by atomic mass is 14.4. The van der Waals surface area contributed by atoms with Crippen LogP contribution in [0.3, 0.4) is 0 Å². The summed E-state index contributed by atoms with van der Waals surface area (Å²) in [5.41, 5.74) is 7.08. The zero-order valence-corrected chi connectivity index (χ0v) is 10.1. The minimum absolute atomic E-state index is 0.186. The van der Waals surface area contributed by atoms with E-state index in [9.17, 15) is 0 Å². The molecule has 1 aromatic carbocycles. The molecule has 0 saturated heterocycles. The molecule has 0 atom stereocenters. The molecule has 0 saturated carbocycles. The van der Waals surface area contributed by atoms with E-state index in [4.69, 9.17) is 0 Å². The molecule has 0 spiro atoms. The lowest BCUT2D eigenvalue weighted by atomic mass is 9.78. The maximum absolute atomic E-state index is 3.34. The summed E-state index contributed by atoms with van der Waals surface area (Å²) in [5.74, 6) is 0. The molecule has 0 nitrogen and oxygen atoms in total. The average molecular weight is 208 g/mol. The van der Waals surface area contributed by atoms with Crippen LogP contribution in [0, 0.1) is 19.1 Å². The number of hydrogen-bond acceptors (Lipinski definition) is 0. The van der Waals surface area contributed by atoms with Gasteiger partial charge in [-0.1, -0.05) is 43.7 Å². The lowest BCUT2D eigenvalue weighted by Gasteiger charge is -2.25. The molecule has 0 radical (unpaired) electrons. The molecule has 0 unspecified atom stereocenters. The molecule has 1 aromatic rings. The summed E-state index contributed by atoms with van der Waals surface area (Å²) in [6.45, 7) is 6.77. The van der Waals surface area contributed by atoms with Gasteiger partial charge >= 0.3 is 0 Å². The van der Waals surface area contributed by atoms with Gasteiger partial charge in [0.05, 0.1) is 0 Å². The minimum Gasteiger partial charge on any atom is -0.0836 e. The third-order valence-electron chi connectivity index (χ3n) is 3.88. The van der Waals surface area contributed by atoms with Crippen LogP contribution in [0.4, 0.5) is 0 Å². The van der Waals surface area contributed by atoms with Crippen molar-refractivity contribution in [2.45, 2.75) is 39.0 Å². The largest absolute Gasteiger partial charge is 0.0836 e. The topological polar surface area (TPSA) is 0 Å². The van der Waals surface area contributed by atoms with Crippen LogP contribution in [0.1, 0.15) is 43.4 Å². The van der Waals surface area contributed by atoms with Crippen LogP contribution in [0.25, 0.3) is 5.57 Å². The fourth-order valence-corrected chi connectivity index (χ4v) is 2.97. The highest BCUT2D eigenvalue weighted by Gasteiger charge is 2.37. The van der Waals surface area contributed by atoms with Gasteiger partial charge in [-0.05, 0) is 42.5 Å². The van der Waals surface area contributed by atoms with Gasteiger partial charge in [-0.15, -0.1) is 0 Å². The number of allylic oxidation sites excluding steroid dienone is 4. The molecule has 2 aliphatic rings. The summed E-state index contributed by atoms with van der Waals surface area (Å²) >= 11 is 0. The molecule has 2 aliphatic carbocycles. The molecule has 0 N–H and O–H groups in total. The van der Waals surface area contributed by atoms with E-state index in [2.05, 4.69) is 51.1 Å². The van der Waals surface area contributed by atoms with Crippen molar-refractivity contribution >= 4 is 5.57 Å². The van der Waals surface area contributed by atoms with Gasteiger partial charge in [-0.2, -0.15) is 0 Å². The quantitative estimate of drug-likeness (QED) is 0.604. The van der Waals surface area contributed by atoms with E-state index < -0.39 is 0 Å². The molecule has 3 rings (SSSR count). The molecule has 0 aromatic heterocycles. The Morgan fingerprint density at radius 3 is 2.88 bits per heavy atom. The van der Waals surface area contributed by atoms with Crippen molar-refractivity contribution in [2.75, 3.05) is 0 Å². The van der Waals surface area contributed by atoms with Crippen molar-refractivity contribution < 1.29 is 0 Å². The minimum atomic E-state index is 0.186. The van der Waals surface area contributed by atoms with Gasteiger partial charge in [-0.3, -0.25) is 0 Å². The van der Waals surface area contributed by atoms with Gasteiger partial charge in [0.1, 0.15) is 0 Å². The first-order valence-corrected chi connectivity index (χ1v) is 5.96. The summed E-state index contributed by atoms with van der Waals surface area (Å²) in [5, 5.41) is 0. The number of hydrogen-bond donors (Lipinski definition) is 0. The smallest absolute Gasteiger partial charge is 0.0362 e. The van der Waals surface area contributed by atoms with Crippen LogP contribution in [0.15, 0.2) is 23.8 Å². The summed E-state index contributed by atoms with van der Waals surface area (Å²) in [6.07, 6.45) is 6.92. The summed E-state index contributed by atoms with van der Waals surface area (Å²) in [7, 11) is 0. The van der Waals surface area contributed by atoms with Crippen LogP contribution in [-0.4, -0.2) is 0 Å².